The van der Waals surface area contributed by atoms with E-state index in [0.29, 0.717) is 31.0 Å². The summed E-state index contributed by atoms with van der Waals surface area (Å²) in [5, 5.41) is 2.84. The van der Waals surface area contributed by atoms with Gasteiger partial charge in [0.2, 0.25) is 0 Å². The molecule has 2 heterocycles. The Balaban J connectivity index is 1.60. The zero-order valence-electron chi connectivity index (χ0n) is 15.7. The summed E-state index contributed by atoms with van der Waals surface area (Å²) in [6, 6.07) is 15.2. The molecule has 1 aliphatic rings. The highest BCUT2D eigenvalue weighted by Gasteiger charge is 2.23. The Kier molecular flexibility index (Phi) is 6.41. The average Bonchev–Trinajstić information content (AvgIpc) is 2.74. The van der Waals surface area contributed by atoms with Gasteiger partial charge < -0.3 is 15.1 Å². The van der Waals surface area contributed by atoms with E-state index >= 15 is 0 Å². The van der Waals surface area contributed by atoms with Crippen LogP contribution in [0, 0.1) is 0 Å². The van der Waals surface area contributed by atoms with Crippen molar-refractivity contribution in [3.05, 3.63) is 59.9 Å². The Labute approximate surface area is 160 Å². The number of benzene rings is 1. The monoisotopic (exact) mass is 366 g/mol. The number of nitrogens with zero attached hydrogens (tertiary/aromatic N) is 3. The highest BCUT2D eigenvalue weighted by atomic mass is 16.2. The SMILES string of the molecule is CCCCNC(=O)c1cccc(C(=O)N2CCN(c3ccccc3)CC2)n1. The third-order valence-corrected chi connectivity index (χ3v) is 4.70. The van der Waals surface area contributed by atoms with E-state index in [4.69, 9.17) is 0 Å². The first-order chi connectivity index (χ1) is 13.2. The standard InChI is InChI=1S/C21H26N4O2/c1-2-3-12-22-20(26)18-10-7-11-19(23-18)21(27)25-15-13-24(14-16-25)17-8-5-4-6-9-17/h4-11H,2-3,12-16H2,1H3,(H,22,26). The Hall–Kier alpha value is -2.89. The van der Waals surface area contributed by atoms with E-state index in [1.165, 1.54) is 5.69 Å². The fraction of sp³-hybridized carbons (Fsp3) is 0.381. The number of carbonyl (C=O) groups is 2. The van der Waals surface area contributed by atoms with E-state index in [1.807, 2.05) is 18.2 Å². The van der Waals surface area contributed by atoms with E-state index in [1.54, 1.807) is 23.1 Å². The van der Waals surface area contributed by atoms with Gasteiger partial charge in [-0.1, -0.05) is 37.6 Å². The number of rotatable bonds is 6. The van der Waals surface area contributed by atoms with Crippen LogP contribution in [0.15, 0.2) is 48.5 Å². The number of pyridine rings is 1. The van der Waals surface area contributed by atoms with Crippen LogP contribution < -0.4 is 10.2 Å². The zero-order valence-corrected chi connectivity index (χ0v) is 15.7. The van der Waals surface area contributed by atoms with Gasteiger partial charge in [-0.3, -0.25) is 9.59 Å². The second kappa shape index (κ2) is 9.16. The summed E-state index contributed by atoms with van der Waals surface area (Å²) in [5.41, 5.74) is 1.79. The topological polar surface area (TPSA) is 65.5 Å². The number of carbonyl (C=O) groups excluding carboxylic acids is 2. The van der Waals surface area contributed by atoms with Gasteiger partial charge >= 0.3 is 0 Å². The second-order valence-corrected chi connectivity index (χ2v) is 6.63. The Bertz CT molecular complexity index is 771. The summed E-state index contributed by atoms with van der Waals surface area (Å²) in [5.74, 6) is -0.349. The Morgan fingerprint density at radius 3 is 2.37 bits per heavy atom. The molecule has 0 unspecified atom stereocenters. The molecular formula is C21H26N4O2. The maximum absolute atomic E-state index is 12.8. The molecule has 1 aromatic carbocycles. The highest BCUT2D eigenvalue weighted by Crippen LogP contribution is 2.16. The first-order valence-corrected chi connectivity index (χ1v) is 9.53. The summed E-state index contributed by atoms with van der Waals surface area (Å²) < 4.78 is 0. The molecule has 6 nitrogen and oxygen atoms in total. The number of piperazine rings is 1. The molecule has 0 radical (unpaired) electrons. The van der Waals surface area contributed by atoms with Crippen LogP contribution in [-0.4, -0.2) is 54.4 Å². The van der Waals surface area contributed by atoms with Gasteiger partial charge in [-0.15, -0.1) is 0 Å². The molecule has 1 N–H and O–H groups in total. The van der Waals surface area contributed by atoms with Crippen LogP contribution >= 0.6 is 0 Å². The molecule has 0 aliphatic carbocycles. The minimum Gasteiger partial charge on any atom is -0.368 e. The van der Waals surface area contributed by atoms with Crippen molar-refractivity contribution in [3.8, 4) is 0 Å². The highest BCUT2D eigenvalue weighted by molar-refractivity contribution is 5.96. The number of anilines is 1. The van der Waals surface area contributed by atoms with Crippen molar-refractivity contribution in [2.75, 3.05) is 37.6 Å². The minimum absolute atomic E-state index is 0.120. The van der Waals surface area contributed by atoms with Crippen LogP contribution in [0.5, 0.6) is 0 Å². The molecule has 0 saturated carbocycles. The van der Waals surface area contributed by atoms with Crippen LogP contribution in [0.4, 0.5) is 5.69 Å². The lowest BCUT2D eigenvalue weighted by molar-refractivity contribution is 0.0740. The molecule has 0 bridgehead atoms. The number of para-hydroxylation sites is 1. The third kappa shape index (κ3) is 4.84. The van der Waals surface area contributed by atoms with E-state index in [0.717, 1.165) is 25.9 Å². The fourth-order valence-electron chi connectivity index (χ4n) is 3.12. The molecule has 1 fully saturated rings. The maximum Gasteiger partial charge on any atom is 0.272 e. The molecule has 2 amide bonds. The number of amides is 2. The maximum atomic E-state index is 12.8. The van der Waals surface area contributed by atoms with Gasteiger partial charge in [-0.05, 0) is 30.7 Å². The molecule has 6 heteroatoms. The van der Waals surface area contributed by atoms with Gasteiger partial charge in [-0.2, -0.15) is 0 Å². The fourth-order valence-corrected chi connectivity index (χ4v) is 3.12. The number of unbranched alkanes of at least 4 members (excludes halogenated alkanes) is 1. The molecule has 0 spiro atoms. The molecule has 142 valence electrons. The van der Waals surface area contributed by atoms with Crippen LogP contribution in [-0.2, 0) is 0 Å². The summed E-state index contributed by atoms with van der Waals surface area (Å²) >= 11 is 0. The Morgan fingerprint density at radius 2 is 1.67 bits per heavy atom. The second-order valence-electron chi connectivity index (χ2n) is 6.63. The summed E-state index contributed by atoms with van der Waals surface area (Å²) in [6.45, 7) is 5.54. The first-order valence-electron chi connectivity index (χ1n) is 9.53. The van der Waals surface area contributed by atoms with Crippen molar-refractivity contribution in [2.45, 2.75) is 19.8 Å². The van der Waals surface area contributed by atoms with Crippen LogP contribution in [0.1, 0.15) is 40.7 Å². The summed E-state index contributed by atoms with van der Waals surface area (Å²) in [4.78, 5) is 33.3. The average molecular weight is 366 g/mol. The number of nitrogens with one attached hydrogen (secondary N) is 1. The lowest BCUT2D eigenvalue weighted by Gasteiger charge is -2.36. The largest absolute Gasteiger partial charge is 0.368 e. The van der Waals surface area contributed by atoms with Gasteiger partial charge in [0, 0.05) is 38.4 Å². The lowest BCUT2D eigenvalue weighted by atomic mass is 10.2. The number of aromatic nitrogens is 1. The van der Waals surface area contributed by atoms with Gasteiger partial charge in [0.05, 0.1) is 0 Å². The van der Waals surface area contributed by atoms with Crippen molar-refractivity contribution >= 4 is 17.5 Å². The van der Waals surface area contributed by atoms with Crippen LogP contribution in [0.2, 0.25) is 0 Å². The van der Waals surface area contributed by atoms with Crippen molar-refractivity contribution in [1.29, 1.82) is 0 Å². The van der Waals surface area contributed by atoms with E-state index < -0.39 is 0 Å². The van der Waals surface area contributed by atoms with Crippen molar-refractivity contribution in [1.82, 2.24) is 15.2 Å². The molecule has 3 rings (SSSR count). The normalized spacial score (nSPS) is 14.1. The van der Waals surface area contributed by atoms with Crippen molar-refractivity contribution < 1.29 is 9.59 Å². The smallest absolute Gasteiger partial charge is 0.272 e. The van der Waals surface area contributed by atoms with Crippen molar-refractivity contribution in [3.63, 3.8) is 0 Å². The van der Waals surface area contributed by atoms with E-state index in [9.17, 15) is 9.59 Å². The number of hydrogen-bond donors (Lipinski definition) is 1. The predicted molar refractivity (Wildman–Crippen MR) is 106 cm³/mol. The van der Waals surface area contributed by atoms with Crippen LogP contribution in [0.3, 0.4) is 0 Å². The van der Waals surface area contributed by atoms with E-state index in [2.05, 4.69) is 34.3 Å². The quantitative estimate of drug-likeness (QED) is 0.798. The lowest BCUT2D eigenvalue weighted by Crippen LogP contribution is -2.49. The molecule has 1 aromatic heterocycles. The van der Waals surface area contributed by atoms with Crippen LogP contribution in [0.25, 0.3) is 0 Å². The minimum atomic E-state index is -0.230. The molecular weight excluding hydrogens is 340 g/mol. The van der Waals surface area contributed by atoms with E-state index in [-0.39, 0.29) is 11.8 Å². The first kappa shape index (κ1) is 18.9. The molecule has 1 saturated heterocycles. The molecule has 27 heavy (non-hydrogen) atoms. The van der Waals surface area contributed by atoms with Gasteiger partial charge in [0.15, 0.2) is 0 Å². The van der Waals surface area contributed by atoms with Gasteiger partial charge in [0.25, 0.3) is 11.8 Å². The van der Waals surface area contributed by atoms with Gasteiger partial charge in [-0.25, -0.2) is 4.98 Å². The molecule has 1 aliphatic heterocycles. The molecule has 0 atom stereocenters. The predicted octanol–water partition coefficient (Wildman–Crippen LogP) is 2.57. The number of hydrogen-bond acceptors (Lipinski definition) is 4. The summed E-state index contributed by atoms with van der Waals surface area (Å²) in [6.07, 6.45) is 1.94. The third-order valence-electron chi connectivity index (χ3n) is 4.70. The van der Waals surface area contributed by atoms with Gasteiger partial charge in [0.1, 0.15) is 11.4 Å². The van der Waals surface area contributed by atoms with Crippen molar-refractivity contribution in [2.24, 2.45) is 0 Å². The summed E-state index contributed by atoms with van der Waals surface area (Å²) in [7, 11) is 0. The Morgan fingerprint density at radius 1 is 0.963 bits per heavy atom. The zero-order chi connectivity index (χ0) is 19.1. The molecule has 2 aromatic rings.